The van der Waals surface area contributed by atoms with Crippen LogP contribution < -0.4 is 0 Å². The molecule has 0 saturated heterocycles. The smallest absolute Gasteiger partial charge is 0.164 e. The van der Waals surface area contributed by atoms with Crippen LogP contribution in [-0.4, -0.2) is 24.9 Å². The van der Waals surface area contributed by atoms with Crippen molar-refractivity contribution in [3.63, 3.8) is 0 Å². The van der Waals surface area contributed by atoms with Gasteiger partial charge in [-0.05, 0) is 58.7 Å². The second-order valence-electron chi connectivity index (χ2n) is 12.2. The van der Waals surface area contributed by atoms with Gasteiger partial charge in [0, 0.05) is 39.2 Å². The molecule has 0 radical (unpaired) electrons. The quantitative estimate of drug-likeness (QED) is 0.169. The zero-order valence-corrected chi connectivity index (χ0v) is 27.0. The first-order valence-corrected chi connectivity index (χ1v) is 16.6. The van der Waals surface area contributed by atoms with Crippen LogP contribution in [0, 0.1) is 0 Å². The molecule has 0 N–H and O–H groups in total. The Morgan fingerprint density at radius 3 is 1.42 bits per heavy atom. The molecular weight excluding hydrogens is 611 g/mol. The molecule has 0 atom stereocenters. The van der Waals surface area contributed by atoms with Crippen molar-refractivity contribution in [3.05, 3.63) is 176 Å². The Morgan fingerprint density at radius 1 is 0.280 bits per heavy atom. The van der Waals surface area contributed by atoms with E-state index in [-0.39, 0.29) is 0 Å². The maximum Gasteiger partial charge on any atom is 0.164 e. The van der Waals surface area contributed by atoms with E-state index in [1.807, 2.05) is 79.0 Å². The number of aromatic nitrogens is 5. The van der Waals surface area contributed by atoms with E-state index in [4.69, 9.17) is 19.9 Å². The van der Waals surface area contributed by atoms with Crippen LogP contribution in [0.4, 0.5) is 0 Å². The van der Waals surface area contributed by atoms with Crippen LogP contribution in [0.5, 0.6) is 0 Å². The van der Waals surface area contributed by atoms with Crippen molar-refractivity contribution in [2.75, 3.05) is 0 Å². The van der Waals surface area contributed by atoms with Gasteiger partial charge in [0.25, 0.3) is 0 Å². The molecule has 0 amide bonds. The number of hydrogen-bond acceptors (Lipinski definition) is 5. The Hall–Kier alpha value is -6.85. The van der Waals surface area contributed by atoms with Gasteiger partial charge < -0.3 is 0 Å². The third-order valence-electron chi connectivity index (χ3n) is 8.92. The van der Waals surface area contributed by atoms with Crippen molar-refractivity contribution in [3.8, 4) is 67.7 Å². The molecule has 6 aromatic carbocycles. The number of rotatable bonds is 6. The van der Waals surface area contributed by atoms with Gasteiger partial charge in [0.05, 0.1) is 16.7 Å². The maximum atomic E-state index is 5.20. The van der Waals surface area contributed by atoms with Crippen LogP contribution in [0.15, 0.2) is 176 Å². The van der Waals surface area contributed by atoms with Crippen LogP contribution in [0.25, 0.3) is 89.5 Å². The summed E-state index contributed by atoms with van der Waals surface area (Å²) in [6, 6.07) is 58.2. The minimum absolute atomic E-state index is 0.620. The molecule has 234 valence electrons. The van der Waals surface area contributed by atoms with E-state index in [1.54, 1.807) is 0 Å². The second-order valence-corrected chi connectivity index (χ2v) is 12.2. The van der Waals surface area contributed by atoms with Crippen molar-refractivity contribution < 1.29 is 0 Å². The molecule has 3 heterocycles. The summed E-state index contributed by atoms with van der Waals surface area (Å²) in [5, 5.41) is 2.14. The van der Waals surface area contributed by atoms with Crippen molar-refractivity contribution in [1.82, 2.24) is 24.9 Å². The molecule has 0 bridgehead atoms. The molecule has 9 aromatic rings. The van der Waals surface area contributed by atoms with E-state index < -0.39 is 0 Å². The topological polar surface area (TPSA) is 64.5 Å². The second kappa shape index (κ2) is 12.6. The molecule has 0 saturated carbocycles. The molecule has 0 aliphatic rings. The van der Waals surface area contributed by atoms with Crippen LogP contribution in [0.3, 0.4) is 0 Å². The largest absolute Gasteiger partial charge is 0.254 e. The Kier molecular flexibility index (Phi) is 7.41. The molecule has 5 nitrogen and oxygen atoms in total. The SMILES string of the molecule is c1ccc(-c2cc(-c3cccc(-c4nc(-c5ccccc5)nc(-c5ccccc5)n4)c3)cc(-c3ccc4ccc5cccnc5c4n3)c2)cc1. The number of hydrogen-bond donors (Lipinski definition) is 0. The molecule has 0 aliphatic heterocycles. The summed E-state index contributed by atoms with van der Waals surface area (Å²) in [6.07, 6.45) is 1.83. The predicted molar refractivity (Wildman–Crippen MR) is 203 cm³/mol. The number of benzene rings is 6. The highest BCUT2D eigenvalue weighted by Gasteiger charge is 2.15. The summed E-state index contributed by atoms with van der Waals surface area (Å²) in [5.41, 5.74) is 10.9. The zero-order chi connectivity index (χ0) is 33.3. The number of fused-ring (bicyclic) bond motifs is 3. The fraction of sp³-hybridized carbons (Fsp3) is 0. The normalized spacial score (nSPS) is 11.2. The Balaban J connectivity index is 1.20. The van der Waals surface area contributed by atoms with Gasteiger partial charge in [-0.15, -0.1) is 0 Å². The minimum Gasteiger partial charge on any atom is -0.254 e. The maximum absolute atomic E-state index is 5.20. The summed E-state index contributed by atoms with van der Waals surface area (Å²) < 4.78 is 0. The highest BCUT2D eigenvalue weighted by molar-refractivity contribution is 6.03. The summed E-state index contributed by atoms with van der Waals surface area (Å²) in [5.74, 6) is 1.89. The van der Waals surface area contributed by atoms with E-state index in [9.17, 15) is 0 Å². The highest BCUT2D eigenvalue weighted by Crippen LogP contribution is 2.35. The van der Waals surface area contributed by atoms with E-state index >= 15 is 0 Å². The fourth-order valence-corrected chi connectivity index (χ4v) is 6.40. The van der Waals surface area contributed by atoms with Gasteiger partial charge in [-0.1, -0.05) is 133 Å². The lowest BCUT2D eigenvalue weighted by atomic mass is 9.94. The van der Waals surface area contributed by atoms with E-state index in [0.29, 0.717) is 17.5 Å². The number of pyridine rings is 2. The lowest BCUT2D eigenvalue weighted by molar-refractivity contribution is 1.07. The zero-order valence-electron chi connectivity index (χ0n) is 27.0. The van der Waals surface area contributed by atoms with Gasteiger partial charge in [-0.3, -0.25) is 4.98 Å². The van der Waals surface area contributed by atoms with E-state index in [0.717, 1.165) is 72.0 Å². The minimum atomic E-state index is 0.620. The van der Waals surface area contributed by atoms with Crippen LogP contribution in [0.2, 0.25) is 0 Å². The molecule has 9 rings (SSSR count). The molecule has 0 fully saturated rings. The standard InChI is InChI=1S/C45H29N5/c1-4-12-30(13-5-1)37-27-38(29-39(28-37)40-24-23-32-22-21-31-20-11-25-46-41(31)42(32)47-40)35-18-10-19-36(26-35)45-49-43(33-14-6-2-7-15-33)48-44(50-45)34-16-8-3-9-17-34/h1-29H. The average Bonchev–Trinajstić information content (AvgIpc) is 3.21. The van der Waals surface area contributed by atoms with Crippen molar-refractivity contribution in [1.29, 1.82) is 0 Å². The molecule has 50 heavy (non-hydrogen) atoms. The Bertz CT molecular complexity index is 2580. The molecule has 3 aromatic heterocycles. The summed E-state index contributed by atoms with van der Waals surface area (Å²) in [6.45, 7) is 0. The van der Waals surface area contributed by atoms with Crippen LogP contribution >= 0.6 is 0 Å². The van der Waals surface area contributed by atoms with Gasteiger partial charge in [0.2, 0.25) is 0 Å². The highest BCUT2D eigenvalue weighted by atomic mass is 15.0. The lowest BCUT2D eigenvalue weighted by Crippen LogP contribution is -2.00. The van der Waals surface area contributed by atoms with E-state index in [2.05, 4.69) is 102 Å². The molecular formula is C45H29N5. The third kappa shape index (κ3) is 5.67. The first kappa shape index (κ1) is 29.3. The van der Waals surface area contributed by atoms with Gasteiger partial charge in [0.15, 0.2) is 17.5 Å². The van der Waals surface area contributed by atoms with Crippen molar-refractivity contribution >= 4 is 21.8 Å². The summed E-state index contributed by atoms with van der Waals surface area (Å²) in [7, 11) is 0. The molecule has 0 aliphatic carbocycles. The summed E-state index contributed by atoms with van der Waals surface area (Å²) >= 11 is 0. The first-order chi connectivity index (χ1) is 24.7. The van der Waals surface area contributed by atoms with Gasteiger partial charge in [-0.2, -0.15) is 0 Å². The van der Waals surface area contributed by atoms with Gasteiger partial charge in [-0.25, -0.2) is 19.9 Å². The lowest BCUT2D eigenvalue weighted by Gasteiger charge is -2.13. The molecule has 0 unspecified atom stereocenters. The predicted octanol–water partition coefficient (Wildman–Crippen LogP) is 11.0. The fourth-order valence-electron chi connectivity index (χ4n) is 6.40. The molecule has 5 heteroatoms. The summed E-state index contributed by atoms with van der Waals surface area (Å²) in [4.78, 5) is 24.7. The Labute approximate surface area is 289 Å². The van der Waals surface area contributed by atoms with Gasteiger partial charge >= 0.3 is 0 Å². The van der Waals surface area contributed by atoms with E-state index in [1.165, 1.54) is 0 Å². The van der Waals surface area contributed by atoms with Crippen molar-refractivity contribution in [2.45, 2.75) is 0 Å². The third-order valence-corrected chi connectivity index (χ3v) is 8.92. The molecule has 0 spiro atoms. The van der Waals surface area contributed by atoms with Crippen molar-refractivity contribution in [2.24, 2.45) is 0 Å². The first-order valence-electron chi connectivity index (χ1n) is 16.6. The monoisotopic (exact) mass is 639 g/mol. The number of nitrogens with zero attached hydrogens (tertiary/aromatic N) is 5. The van der Waals surface area contributed by atoms with Crippen LogP contribution in [-0.2, 0) is 0 Å². The Morgan fingerprint density at radius 2 is 0.760 bits per heavy atom. The average molecular weight is 640 g/mol. The van der Waals surface area contributed by atoms with Gasteiger partial charge in [0.1, 0.15) is 0 Å². The van der Waals surface area contributed by atoms with Crippen LogP contribution in [0.1, 0.15) is 0 Å².